The van der Waals surface area contributed by atoms with Gasteiger partial charge in [-0.05, 0) is 31.0 Å². The summed E-state index contributed by atoms with van der Waals surface area (Å²) in [7, 11) is -2.33. The van der Waals surface area contributed by atoms with E-state index in [4.69, 9.17) is 4.74 Å². The number of rotatable bonds is 8. The smallest absolute Gasteiger partial charge is 0.244 e. The Hall–Kier alpha value is -2.46. The second-order valence-electron chi connectivity index (χ2n) is 8.30. The van der Waals surface area contributed by atoms with Gasteiger partial charge >= 0.3 is 0 Å². The molecule has 0 bridgehead atoms. The molecule has 0 aromatic heterocycles. The summed E-state index contributed by atoms with van der Waals surface area (Å²) in [6.45, 7) is 3.71. The number of sulfonamides is 1. The van der Waals surface area contributed by atoms with Crippen molar-refractivity contribution in [1.82, 2.24) is 9.21 Å². The Labute approximate surface area is 189 Å². The minimum atomic E-state index is -3.74. The normalized spacial score (nSPS) is 18.4. The fourth-order valence-corrected chi connectivity index (χ4v) is 6.12. The minimum absolute atomic E-state index is 0.0202. The number of benzene rings is 1. The summed E-state index contributed by atoms with van der Waals surface area (Å²) in [5, 5.41) is 2.62. The summed E-state index contributed by atoms with van der Waals surface area (Å²) in [4.78, 5) is 39.2. The van der Waals surface area contributed by atoms with E-state index in [9.17, 15) is 22.8 Å². The summed E-state index contributed by atoms with van der Waals surface area (Å²) >= 11 is 0. The van der Waals surface area contributed by atoms with Crippen molar-refractivity contribution < 1.29 is 27.5 Å². The summed E-state index contributed by atoms with van der Waals surface area (Å²) in [5.74, 6) is -0.922. The van der Waals surface area contributed by atoms with Gasteiger partial charge in [-0.1, -0.05) is 33.1 Å². The van der Waals surface area contributed by atoms with Gasteiger partial charge in [0.25, 0.3) is 0 Å². The number of carbonyl (C=O) groups is 3. The highest BCUT2D eigenvalue weighted by atomic mass is 32.2. The van der Waals surface area contributed by atoms with E-state index in [1.165, 1.54) is 29.6 Å². The Morgan fingerprint density at radius 1 is 1.16 bits per heavy atom. The highest BCUT2D eigenvalue weighted by Crippen LogP contribution is 2.45. The van der Waals surface area contributed by atoms with E-state index in [0.717, 1.165) is 24.2 Å². The Bertz CT molecular complexity index is 997. The maximum absolute atomic E-state index is 12.9. The van der Waals surface area contributed by atoms with Gasteiger partial charge in [0.15, 0.2) is 0 Å². The maximum Gasteiger partial charge on any atom is 0.244 e. The molecule has 1 aromatic rings. The molecule has 32 heavy (non-hydrogen) atoms. The van der Waals surface area contributed by atoms with Gasteiger partial charge < -0.3 is 10.1 Å². The SMILES string of the molecule is CCN(CC)S(=O)(=O)c1ccc(OC)c(NC(=O)CN2C(=O)CC3(CCCCC3)C2=O)c1. The van der Waals surface area contributed by atoms with Crippen molar-refractivity contribution in [2.24, 2.45) is 5.41 Å². The average molecular weight is 466 g/mol. The first-order valence-electron chi connectivity index (χ1n) is 11.0. The van der Waals surface area contributed by atoms with Crippen LogP contribution in [-0.2, 0) is 24.4 Å². The predicted molar refractivity (Wildman–Crippen MR) is 119 cm³/mol. The number of anilines is 1. The molecule has 10 heteroatoms. The van der Waals surface area contributed by atoms with Crippen molar-refractivity contribution in [3.8, 4) is 5.75 Å². The van der Waals surface area contributed by atoms with Gasteiger partial charge in [-0.2, -0.15) is 4.31 Å². The largest absolute Gasteiger partial charge is 0.495 e. The molecule has 0 radical (unpaired) electrons. The third kappa shape index (κ3) is 4.52. The molecule has 3 rings (SSSR count). The van der Waals surface area contributed by atoms with Crippen LogP contribution in [0.3, 0.4) is 0 Å². The second kappa shape index (κ2) is 9.58. The van der Waals surface area contributed by atoms with Gasteiger partial charge in [0.2, 0.25) is 27.7 Å². The van der Waals surface area contributed by atoms with Crippen molar-refractivity contribution in [1.29, 1.82) is 0 Å². The van der Waals surface area contributed by atoms with Crippen LogP contribution in [-0.4, -0.2) is 62.1 Å². The van der Waals surface area contributed by atoms with Crippen LogP contribution in [0.5, 0.6) is 5.75 Å². The number of nitrogens with zero attached hydrogens (tertiary/aromatic N) is 2. The van der Waals surface area contributed by atoms with Crippen molar-refractivity contribution in [3.63, 3.8) is 0 Å². The second-order valence-corrected chi connectivity index (χ2v) is 10.2. The summed E-state index contributed by atoms with van der Waals surface area (Å²) in [6, 6.07) is 4.22. The van der Waals surface area contributed by atoms with Gasteiger partial charge in [-0.15, -0.1) is 0 Å². The van der Waals surface area contributed by atoms with Gasteiger partial charge in [0, 0.05) is 19.5 Å². The zero-order chi connectivity index (χ0) is 23.5. The van der Waals surface area contributed by atoms with E-state index in [1.807, 2.05) is 0 Å². The first-order valence-corrected chi connectivity index (χ1v) is 12.5. The predicted octanol–water partition coefficient (Wildman–Crippen LogP) is 2.37. The third-order valence-corrected chi connectivity index (χ3v) is 8.44. The Kier molecular flexibility index (Phi) is 7.24. The number of nitrogens with one attached hydrogen (secondary N) is 1. The monoisotopic (exact) mass is 465 g/mol. The zero-order valence-corrected chi connectivity index (χ0v) is 19.7. The van der Waals surface area contributed by atoms with Crippen LogP contribution >= 0.6 is 0 Å². The number of ether oxygens (including phenoxy) is 1. The van der Waals surface area contributed by atoms with Crippen LogP contribution in [0.15, 0.2) is 23.1 Å². The highest BCUT2D eigenvalue weighted by Gasteiger charge is 2.51. The number of amides is 3. The molecule has 0 unspecified atom stereocenters. The number of methoxy groups -OCH3 is 1. The highest BCUT2D eigenvalue weighted by molar-refractivity contribution is 7.89. The Balaban J connectivity index is 1.79. The standard InChI is InChI=1S/C22H31N3O6S/c1-4-24(5-2)32(29,30)16-9-10-18(31-3)17(13-16)23-19(26)15-25-20(27)14-22(21(25)28)11-7-6-8-12-22/h9-10,13H,4-8,11-12,14-15H2,1-3H3,(H,23,26). The van der Waals surface area contributed by atoms with E-state index >= 15 is 0 Å². The lowest BCUT2D eigenvalue weighted by Crippen LogP contribution is -2.41. The molecule has 2 fully saturated rings. The van der Waals surface area contributed by atoms with Gasteiger partial charge in [0.05, 0.1) is 23.1 Å². The fraction of sp³-hybridized carbons (Fsp3) is 0.591. The third-order valence-electron chi connectivity index (χ3n) is 6.39. The van der Waals surface area contributed by atoms with Crippen molar-refractivity contribution in [2.75, 3.05) is 32.1 Å². The molecule has 1 N–H and O–H groups in total. The van der Waals surface area contributed by atoms with Crippen LogP contribution in [0.25, 0.3) is 0 Å². The molecule has 1 aromatic carbocycles. The van der Waals surface area contributed by atoms with E-state index < -0.39 is 27.9 Å². The quantitative estimate of drug-likeness (QED) is 0.590. The van der Waals surface area contributed by atoms with Crippen LogP contribution in [0.1, 0.15) is 52.4 Å². The molecule has 1 aliphatic heterocycles. The summed E-state index contributed by atoms with van der Waals surface area (Å²) < 4.78 is 32.3. The maximum atomic E-state index is 12.9. The van der Waals surface area contributed by atoms with Crippen molar-refractivity contribution in [2.45, 2.75) is 57.3 Å². The van der Waals surface area contributed by atoms with Crippen molar-refractivity contribution >= 4 is 33.4 Å². The number of hydrogen-bond donors (Lipinski definition) is 1. The lowest BCUT2D eigenvalue weighted by atomic mass is 9.73. The number of likely N-dealkylation sites (tertiary alicyclic amines) is 1. The molecule has 3 amide bonds. The van der Waals surface area contributed by atoms with Crippen LogP contribution in [0, 0.1) is 5.41 Å². The molecule has 176 valence electrons. The molecular weight excluding hydrogens is 434 g/mol. The number of carbonyl (C=O) groups excluding carboxylic acids is 3. The van der Waals surface area contributed by atoms with Crippen LogP contribution in [0.4, 0.5) is 5.69 Å². The summed E-state index contributed by atoms with van der Waals surface area (Å²) in [5.41, 5.74) is -0.498. The first kappa shape index (κ1) is 24.2. The van der Waals surface area contributed by atoms with E-state index in [2.05, 4.69) is 5.32 Å². The first-order chi connectivity index (χ1) is 15.2. The molecule has 9 nitrogen and oxygen atoms in total. The molecule has 2 aliphatic rings. The lowest BCUT2D eigenvalue weighted by molar-refractivity contribution is -0.144. The van der Waals surface area contributed by atoms with Crippen molar-refractivity contribution in [3.05, 3.63) is 18.2 Å². The van der Waals surface area contributed by atoms with E-state index in [0.29, 0.717) is 25.9 Å². The Morgan fingerprint density at radius 3 is 2.41 bits per heavy atom. The molecule has 1 saturated heterocycles. The number of imide groups is 1. The number of hydrogen-bond acceptors (Lipinski definition) is 6. The average Bonchev–Trinajstić information content (AvgIpc) is 2.98. The molecular formula is C22H31N3O6S. The zero-order valence-electron chi connectivity index (χ0n) is 18.8. The molecule has 1 spiro atoms. The minimum Gasteiger partial charge on any atom is -0.495 e. The topological polar surface area (TPSA) is 113 Å². The molecule has 1 saturated carbocycles. The van der Waals surface area contributed by atoms with Gasteiger partial charge in [-0.25, -0.2) is 8.42 Å². The lowest BCUT2D eigenvalue weighted by Gasteiger charge is -2.30. The molecule has 1 aliphatic carbocycles. The van der Waals surface area contributed by atoms with Gasteiger partial charge in [-0.3, -0.25) is 19.3 Å². The summed E-state index contributed by atoms with van der Waals surface area (Å²) in [6.07, 6.45) is 4.37. The Morgan fingerprint density at radius 2 is 1.81 bits per heavy atom. The van der Waals surface area contributed by atoms with Gasteiger partial charge in [0.1, 0.15) is 12.3 Å². The van der Waals surface area contributed by atoms with E-state index in [-0.39, 0.29) is 34.6 Å². The molecule has 0 atom stereocenters. The van der Waals surface area contributed by atoms with E-state index in [1.54, 1.807) is 13.8 Å². The fourth-order valence-electron chi connectivity index (χ4n) is 4.63. The molecule has 1 heterocycles. The van der Waals surface area contributed by atoms with Crippen LogP contribution in [0.2, 0.25) is 0 Å². The van der Waals surface area contributed by atoms with Crippen LogP contribution < -0.4 is 10.1 Å².